The quantitative estimate of drug-likeness (QED) is 0.592. The second-order valence-corrected chi connectivity index (χ2v) is 4.36. The van der Waals surface area contributed by atoms with Gasteiger partial charge in [0.25, 0.3) is 0 Å². The summed E-state index contributed by atoms with van der Waals surface area (Å²) in [5, 5.41) is 2.73. The van der Waals surface area contributed by atoms with E-state index in [0.29, 0.717) is 11.8 Å². The molecule has 2 aliphatic rings. The first kappa shape index (κ1) is 8.72. The molecule has 0 saturated carbocycles. The summed E-state index contributed by atoms with van der Waals surface area (Å²) in [4.78, 5) is 0. The fourth-order valence-electron chi connectivity index (χ4n) is 2.55. The molecular weight excluding hydrogens is 180 g/mol. The highest BCUT2D eigenvalue weighted by Gasteiger charge is 2.22. The Morgan fingerprint density at radius 2 is 1.80 bits per heavy atom. The molecule has 0 radical (unpaired) electrons. The Morgan fingerprint density at radius 1 is 1.07 bits per heavy atom. The second-order valence-electron chi connectivity index (χ2n) is 4.36. The maximum atomic E-state index is 4.13. The molecule has 15 heavy (non-hydrogen) atoms. The number of rotatable bonds is 0. The normalized spacial score (nSPS) is 27.3. The minimum absolute atomic E-state index is 0.518. The molecule has 2 atom stereocenters. The molecule has 0 saturated heterocycles. The molecule has 0 spiro atoms. The Kier molecular flexibility index (Phi) is 1.88. The minimum Gasteiger partial charge on any atom is -0.0952 e. The van der Waals surface area contributed by atoms with Crippen molar-refractivity contribution in [3.8, 4) is 0 Å². The van der Waals surface area contributed by atoms with Crippen LogP contribution >= 0.6 is 0 Å². The van der Waals surface area contributed by atoms with Crippen molar-refractivity contribution in [3.63, 3.8) is 0 Å². The van der Waals surface area contributed by atoms with Crippen LogP contribution in [-0.4, -0.2) is 0 Å². The fourth-order valence-corrected chi connectivity index (χ4v) is 2.55. The van der Waals surface area contributed by atoms with Crippen LogP contribution in [0.1, 0.15) is 6.42 Å². The highest BCUT2D eigenvalue weighted by atomic mass is 14.3. The standard InChI is InChI=1S/C15H14/c1-11-5-4-8-14-9-12-6-2-3-7-13(12)10-15(11)14/h2-7,9-10,14-15H,1,8H2. The first-order chi connectivity index (χ1) is 7.34. The average Bonchev–Trinajstić information content (AvgIpc) is 2.27. The van der Waals surface area contributed by atoms with Gasteiger partial charge >= 0.3 is 0 Å². The Labute approximate surface area is 89.9 Å². The van der Waals surface area contributed by atoms with Gasteiger partial charge in [0, 0.05) is 5.92 Å². The molecule has 0 aliphatic heterocycles. The first-order valence-electron chi connectivity index (χ1n) is 5.49. The van der Waals surface area contributed by atoms with Crippen LogP contribution in [0.25, 0.3) is 12.2 Å². The summed E-state index contributed by atoms with van der Waals surface area (Å²) < 4.78 is 0. The van der Waals surface area contributed by atoms with Crippen LogP contribution in [0.5, 0.6) is 0 Å². The summed E-state index contributed by atoms with van der Waals surface area (Å²) in [6.45, 7) is 4.13. The first-order valence-corrected chi connectivity index (χ1v) is 5.49. The summed E-state index contributed by atoms with van der Waals surface area (Å²) in [6, 6.07) is 8.60. The van der Waals surface area contributed by atoms with Gasteiger partial charge in [-0.2, -0.15) is 0 Å². The van der Waals surface area contributed by atoms with Crippen LogP contribution in [0.4, 0.5) is 0 Å². The highest BCUT2D eigenvalue weighted by molar-refractivity contribution is 5.51. The lowest BCUT2D eigenvalue weighted by Gasteiger charge is -2.27. The van der Waals surface area contributed by atoms with E-state index in [4.69, 9.17) is 0 Å². The van der Waals surface area contributed by atoms with Gasteiger partial charge in [-0.25, -0.2) is 0 Å². The molecule has 0 bridgehead atoms. The van der Waals surface area contributed by atoms with Crippen molar-refractivity contribution in [2.24, 2.45) is 11.8 Å². The Hall–Kier alpha value is -1.56. The van der Waals surface area contributed by atoms with Gasteiger partial charge < -0.3 is 0 Å². The predicted molar refractivity (Wildman–Crippen MR) is 64.5 cm³/mol. The van der Waals surface area contributed by atoms with Crippen molar-refractivity contribution in [2.45, 2.75) is 6.42 Å². The largest absolute Gasteiger partial charge is 0.0952 e. The molecule has 0 heterocycles. The molecular formula is C15H14. The number of hydrogen-bond acceptors (Lipinski definition) is 0. The van der Waals surface area contributed by atoms with Gasteiger partial charge in [0.1, 0.15) is 0 Å². The van der Waals surface area contributed by atoms with Crippen LogP contribution in [0, 0.1) is 11.8 Å². The van der Waals surface area contributed by atoms with E-state index >= 15 is 0 Å². The van der Waals surface area contributed by atoms with Crippen LogP contribution in [0.2, 0.25) is 0 Å². The molecule has 0 nitrogen and oxygen atoms in total. The smallest absolute Gasteiger partial charge is 0.00873 e. The zero-order valence-corrected chi connectivity index (χ0v) is 8.69. The van der Waals surface area contributed by atoms with Gasteiger partial charge in [-0.1, -0.05) is 55.1 Å². The van der Waals surface area contributed by atoms with E-state index in [0.717, 1.165) is 6.42 Å². The summed E-state index contributed by atoms with van der Waals surface area (Å²) >= 11 is 0. The van der Waals surface area contributed by atoms with E-state index in [1.54, 1.807) is 0 Å². The molecule has 2 unspecified atom stereocenters. The van der Waals surface area contributed by atoms with Gasteiger partial charge in [0.05, 0.1) is 0 Å². The van der Waals surface area contributed by atoms with E-state index in [-0.39, 0.29) is 0 Å². The third-order valence-corrected chi connectivity index (χ3v) is 3.38. The lowest BCUT2D eigenvalue weighted by molar-refractivity contribution is 0.580. The van der Waals surface area contributed by atoms with Gasteiger partial charge in [-0.15, -0.1) is 0 Å². The molecule has 2 aliphatic carbocycles. The third-order valence-electron chi connectivity index (χ3n) is 3.38. The van der Waals surface area contributed by atoms with Crippen molar-refractivity contribution in [3.05, 3.63) is 59.0 Å². The third kappa shape index (κ3) is 1.37. The molecule has 0 aromatic heterocycles. The van der Waals surface area contributed by atoms with E-state index in [1.165, 1.54) is 16.0 Å². The average molecular weight is 194 g/mol. The predicted octanol–water partition coefficient (Wildman–Crippen LogP) is 2.01. The monoisotopic (exact) mass is 194 g/mol. The van der Waals surface area contributed by atoms with Gasteiger partial charge in [0.2, 0.25) is 0 Å². The number of hydrogen-bond donors (Lipinski definition) is 0. The Balaban J connectivity index is 2.22. The Bertz CT molecular complexity index is 546. The van der Waals surface area contributed by atoms with E-state index < -0.39 is 0 Å². The maximum absolute atomic E-state index is 4.13. The van der Waals surface area contributed by atoms with Crippen molar-refractivity contribution in [1.82, 2.24) is 0 Å². The number of allylic oxidation sites excluding steroid dienone is 3. The van der Waals surface area contributed by atoms with Gasteiger partial charge in [-0.3, -0.25) is 0 Å². The van der Waals surface area contributed by atoms with Crippen molar-refractivity contribution < 1.29 is 0 Å². The van der Waals surface area contributed by atoms with Gasteiger partial charge in [-0.05, 0) is 28.3 Å². The van der Waals surface area contributed by atoms with Gasteiger partial charge in [0.15, 0.2) is 0 Å². The summed E-state index contributed by atoms with van der Waals surface area (Å²) in [5.74, 6) is 1.14. The van der Waals surface area contributed by atoms with Crippen molar-refractivity contribution >= 4 is 12.2 Å². The lowest BCUT2D eigenvalue weighted by Crippen LogP contribution is -2.33. The van der Waals surface area contributed by atoms with Crippen LogP contribution in [0.15, 0.2) is 48.6 Å². The molecule has 0 amide bonds. The molecule has 1 aromatic carbocycles. The summed E-state index contributed by atoms with van der Waals surface area (Å²) in [7, 11) is 0. The topological polar surface area (TPSA) is 0 Å². The number of fused-ring (bicyclic) bond motifs is 2. The van der Waals surface area contributed by atoms with Crippen LogP contribution in [0.3, 0.4) is 0 Å². The highest BCUT2D eigenvalue weighted by Crippen LogP contribution is 2.31. The zero-order valence-electron chi connectivity index (χ0n) is 8.69. The molecule has 3 rings (SSSR count). The maximum Gasteiger partial charge on any atom is 0.00873 e. The molecule has 0 N–H and O–H groups in total. The molecule has 0 heteroatoms. The summed E-state index contributed by atoms with van der Waals surface area (Å²) in [5.41, 5.74) is 1.25. The van der Waals surface area contributed by atoms with Crippen LogP contribution in [-0.2, 0) is 0 Å². The van der Waals surface area contributed by atoms with Crippen LogP contribution < -0.4 is 10.4 Å². The minimum atomic E-state index is 0.518. The molecule has 74 valence electrons. The van der Waals surface area contributed by atoms with Crippen molar-refractivity contribution in [1.29, 1.82) is 0 Å². The lowest BCUT2D eigenvalue weighted by atomic mass is 9.77. The SMILES string of the molecule is C=C1C=CCC2C=c3ccccc3=CC12. The number of benzene rings is 1. The second kappa shape index (κ2) is 3.23. The Morgan fingerprint density at radius 3 is 2.60 bits per heavy atom. The van der Waals surface area contributed by atoms with E-state index in [1.807, 2.05) is 0 Å². The molecule has 0 fully saturated rings. The van der Waals surface area contributed by atoms with E-state index in [9.17, 15) is 0 Å². The summed E-state index contributed by atoms with van der Waals surface area (Å²) in [6.07, 6.45) is 10.3. The molecule has 1 aromatic rings. The van der Waals surface area contributed by atoms with E-state index in [2.05, 4.69) is 55.1 Å². The fraction of sp³-hybridized carbons (Fsp3) is 0.200. The zero-order chi connectivity index (χ0) is 10.3. The van der Waals surface area contributed by atoms with Crippen molar-refractivity contribution in [2.75, 3.05) is 0 Å².